The van der Waals surface area contributed by atoms with Crippen molar-refractivity contribution >= 4 is 5.91 Å². The molecule has 1 aliphatic heterocycles. The van der Waals surface area contributed by atoms with Gasteiger partial charge in [0.05, 0.1) is 7.11 Å². The first kappa shape index (κ1) is 19.4. The SMILES string of the molecule is COc1ccc(-c2cc(C(=O)N3CCN(C45CC6CC(CC(C6)C4)C5)CC3)no2)cc1. The maximum absolute atomic E-state index is 13.1. The Morgan fingerprint density at radius 3 is 2.19 bits per heavy atom. The molecule has 6 heteroatoms. The van der Waals surface area contributed by atoms with E-state index < -0.39 is 0 Å². The highest BCUT2D eigenvalue weighted by molar-refractivity contribution is 5.93. The summed E-state index contributed by atoms with van der Waals surface area (Å²) in [6, 6.07) is 9.34. The molecule has 0 N–H and O–H groups in total. The van der Waals surface area contributed by atoms with Crippen molar-refractivity contribution in [2.24, 2.45) is 17.8 Å². The fraction of sp³-hybridized carbons (Fsp3) is 0.600. The molecule has 0 unspecified atom stereocenters. The van der Waals surface area contributed by atoms with Gasteiger partial charge in [0.25, 0.3) is 5.91 Å². The fourth-order valence-electron chi connectivity index (χ4n) is 7.27. The third-order valence-electron chi connectivity index (χ3n) is 8.35. The molecule has 7 rings (SSSR count). The van der Waals surface area contributed by atoms with Gasteiger partial charge >= 0.3 is 0 Å². The lowest BCUT2D eigenvalue weighted by molar-refractivity contribution is -0.0987. The number of amides is 1. The van der Waals surface area contributed by atoms with E-state index in [4.69, 9.17) is 9.26 Å². The highest BCUT2D eigenvalue weighted by Crippen LogP contribution is 2.57. The molecule has 5 aliphatic rings. The second kappa shape index (κ2) is 7.37. The van der Waals surface area contributed by atoms with Crippen LogP contribution in [0.1, 0.15) is 49.0 Å². The number of nitrogens with zero attached hydrogens (tertiary/aromatic N) is 3. The molecular weight excluding hydrogens is 390 g/mol. The zero-order chi connectivity index (χ0) is 21.0. The molecule has 0 atom stereocenters. The highest BCUT2D eigenvalue weighted by atomic mass is 16.5. The minimum Gasteiger partial charge on any atom is -0.497 e. The Morgan fingerprint density at radius 2 is 1.61 bits per heavy atom. The third-order valence-corrected chi connectivity index (χ3v) is 8.35. The average Bonchev–Trinajstić information content (AvgIpc) is 3.28. The van der Waals surface area contributed by atoms with E-state index in [-0.39, 0.29) is 5.91 Å². The molecule has 5 fully saturated rings. The number of aromatic nitrogens is 1. The van der Waals surface area contributed by atoms with Gasteiger partial charge in [0.2, 0.25) is 0 Å². The molecule has 2 aromatic rings. The van der Waals surface area contributed by atoms with Crippen LogP contribution in [0, 0.1) is 17.8 Å². The lowest BCUT2D eigenvalue weighted by Gasteiger charge is -2.61. The monoisotopic (exact) mass is 421 g/mol. The number of hydrogen-bond donors (Lipinski definition) is 0. The predicted molar refractivity (Wildman–Crippen MR) is 117 cm³/mol. The van der Waals surface area contributed by atoms with E-state index in [9.17, 15) is 4.79 Å². The minimum absolute atomic E-state index is 0.0197. The minimum atomic E-state index is -0.0197. The summed E-state index contributed by atoms with van der Waals surface area (Å²) in [6.07, 6.45) is 8.59. The van der Waals surface area contributed by atoms with Gasteiger partial charge in [-0.05, 0) is 80.5 Å². The summed E-state index contributed by atoms with van der Waals surface area (Å²) >= 11 is 0. The Kier molecular flexibility index (Phi) is 4.60. The molecule has 1 saturated heterocycles. The van der Waals surface area contributed by atoms with Crippen molar-refractivity contribution in [2.45, 2.75) is 44.1 Å². The number of piperazine rings is 1. The Hall–Kier alpha value is -2.34. The summed E-state index contributed by atoms with van der Waals surface area (Å²) in [5.74, 6) is 4.25. The van der Waals surface area contributed by atoms with Crippen LogP contribution in [0.25, 0.3) is 11.3 Å². The van der Waals surface area contributed by atoms with E-state index in [1.807, 2.05) is 29.2 Å². The van der Waals surface area contributed by atoms with E-state index in [1.165, 1.54) is 38.5 Å². The van der Waals surface area contributed by atoms with Crippen LogP contribution in [-0.4, -0.2) is 59.7 Å². The molecule has 31 heavy (non-hydrogen) atoms. The topological polar surface area (TPSA) is 58.8 Å². The zero-order valence-electron chi connectivity index (χ0n) is 18.3. The van der Waals surface area contributed by atoms with Crippen LogP contribution in [0.5, 0.6) is 5.75 Å². The second-order valence-corrected chi connectivity index (χ2v) is 10.2. The Labute approximate surface area is 183 Å². The molecule has 4 aliphatic carbocycles. The van der Waals surface area contributed by atoms with E-state index in [0.29, 0.717) is 17.0 Å². The van der Waals surface area contributed by atoms with E-state index >= 15 is 0 Å². The molecule has 4 bridgehead atoms. The standard InChI is InChI=1S/C25H31N3O3/c1-30-21-4-2-20(3-5-21)23-13-22(26-31-23)24(29)27-6-8-28(9-7-27)25-14-17-10-18(15-25)12-19(11-17)16-25/h2-5,13,17-19H,6-12,14-16H2,1H3. The summed E-state index contributed by atoms with van der Waals surface area (Å²) in [6.45, 7) is 3.54. The number of carbonyl (C=O) groups excluding carboxylic acids is 1. The molecule has 0 radical (unpaired) electrons. The van der Waals surface area contributed by atoms with E-state index in [2.05, 4.69) is 10.1 Å². The summed E-state index contributed by atoms with van der Waals surface area (Å²) in [5.41, 5.74) is 1.72. The van der Waals surface area contributed by atoms with Crippen molar-refractivity contribution in [3.8, 4) is 17.1 Å². The largest absolute Gasteiger partial charge is 0.497 e. The van der Waals surface area contributed by atoms with Crippen LogP contribution in [0.2, 0.25) is 0 Å². The predicted octanol–water partition coefficient (Wildman–Crippen LogP) is 4.08. The van der Waals surface area contributed by atoms with Gasteiger partial charge in [0.15, 0.2) is 11.5 Å². The van der Waals surface area contributed by atoms with Crippen LogP contribution >= 0.6 is 0 Å². The first-order valence-electron chi connectivity index (χ1n) is 11.8. The fourth-order valence-corrected chi connectivity index (χ4v) is 7.27. The number of rotatable bonds is 4. The molecule has 4 saturated carbocycles. The zero-order valence-corrected chi connectivity index (χ0v) is 18.3. The number of ether oxygens (including phenoxy) is 1. The van der Waals surface area contributed by atoms with Crippen molar-refractivity contribution in [2.75, 3.05) is 33.3 Å². The smallest absolute Gasteiger partial charge is 0.276 e. The highest BCUT2D eigenvalue weighted by Gasteiger charge is 2.53. The van der Waals surface area contributed by atoms with Gasteiger partial charge < -0.3 is 14.2 Å². The van der Waals surface area contributed by atoms with Crippen molar-refractivity contribution in [3.05, 3.63) is 36.0 Å². The van der Waals surface area contributed by atoms with Crippen LogP contribution in [0.3, 0.4) is 0 Å². The summed E-state index contributed by atoms with van der Waals surface area (Å²) in [7, 11) is 1.64. The maximum atomic E-state index is 13.1. The molecular formula is C25H31N3O3. The van der Waals surface area contributed by atoms with Gasteiger partial charge in [-0.2, -0.15) is 0 Å². The normalized spacial score (nSPS) is 32.4. The van der Waals surface area contributed by atoms with Crippen molar-refractivity contribution in [1.29, 1.82) is 0 Å². The van der Waals surface area contributed by atoms with Crippen LogP contribution in [0.4, 0.5) is 0 Å². The molecule has 2 heterocycles. The maximum Gasteiger partial charge on any atom is 0.276 e. The number of hydrogen-bond acceptors (Lipinski definition) is 5. The molecule has 0 spiro atoms. The number of methoxy groups -OCH3 is 1. The van der Waals surface area contributed by atoms with Crippen LogP contribution in [0.15, 0.2) is 34.9 Å². The van der Waals surface area contributed by atoms with Gasteiger partial charge in [-0.15, -0.1) is 0 Å². The lowest BCUT2D eigenvalue weighted by Crippen LogP contribution is -2.64. The Morgan fingerprint density at radius 1 is 1.00 bits per heavy atom. The van der Waals surface area contributed by atoms with Crippen LogP contribution in [-0.2, 0) is 0 Å². The number of benzene rings is 1. The van der Waals surface area contributed by atoms with E-state index in [0.717, 1.165) is 55.2 Å². The quantitative estimate of drug-likeness (QED) is 0.745. The van der Waals surface area contributed by atoms with Crippen molar-refractivity contribution in [3.63, 3.8) is 0 Å². The van der Waals surface area contributed by atoms with Gasteiger partial charge in [0, 0.05) is 43.3 Å². The van der Waals surface area contributed by atoms with E-state index in [1.54, 1.807) is 13.2 Å². The summed E-state index contributed by atoms with van der Waals surface area (Å²) in [4.78, 5) is 17.8. The Bertz CT molecular complexity index is 923. The van der Waals surface area contributed by atoms with Gasteiger partial charge in [0.1, 0.15) is 5.75 Å². The molecule has 164 valence electrons. The first-order chi connectivity index (χ1) is 15.1. The van der Waals surface area contributed by atoms with Crippen LogP contribution < -0.4 is 4.74 Å². The summed E-state index contributed by atoms with van der Waals surface area (Å²) in [5, 5.41) is 4.07. The van der Waals surface area contributed by atoms with Crippen molar-refractivity contribution < 1.29 is 14.1 Å². The lowest BCUT2D eigenvalue weighted by atomic mass is 9.52. The van der Waals surface area contributed by atoms with Gasteiger partial charge in [-0.3, -0.25) is 9.69 Å². The summed E-state index contributed by atoms with van der Waals surface area (Å²) < 4.78 is 10.7. The average molecular weight is 422 g/mol. The molecule has 6 nitrogen and oxygen atoms in total. The first-order valence-corrected chi connectivity index (χ1v) is 11.8. The van der Waals surface area contributed by atoms with Crippen molar-refractivity contribution in [1.82, 2.24) is 15.0 Å². The van der Waals surface area contributed by atoms with Gasteiger partial charge in [-0.25, -0.2) is 0 Å². The molecule has 1 aromatic heterocycles. The van der Waals surface area contributed by atoms with Gasteiger partial charge in [-0.1, -0.05) is 5.16 Å². The molecule has 1 amide bonds. The number of carbonyl (C=O) groups is 1. The Balaban J connectivity index is 1.11. The third kappa shape index (κ3) is 3.36. The molecule has 1 aromatic carbocycles. The second-order valence-electron chi connectivity index (χ2n) is 10.2.